The number of fused-ring (bicyclic) bond motifs is 3. The Morgan fingerprint density at radius 3 is 2.25 bits per heavy atom. The zero-order valence-corrected chi connectivity index (χ0v) is 32.8. The average molecular weight is 873 g/mol. The van der Waals surface area contributed by atoms with E-state index >= 15 is 0 Å². The number of hydrogen-bond donors (Lipinski definition) is 0. The fraction of sp³-hybridized carbons (Fsp3) is 0.245. The van der Waals surface area contributed by atoms with Crippen LogP contribution in [0.15, 0.2) is 132 Å². The third-order valence-electron chi connectivity index (χ3n) is 10.3. The molecule has 0 radical (unpaired) electrons. The molecule has 0 fully saturated rings. The van der Waals surface area contributed by atoms with Gasteiger partial charge in [-0.25, -0.2) is 0 Å². The van der Waals surface area contributed by atoms with Gasteiger partial charge in [0.2, 0.25) is 0 Å². The van der Waals surface area contributed by atoms with E-state index in [9.17, 15) is 0 Å². The fourth-order valence-electron chi connectivity index (χ4n) is 7.27. The van der Waals surface area contributed by atoms with E-state index < -0.39 is 12.8 Å². The van der Waals surface area contributed by atoms with E-state index in [0.717, 1.165) is 70.0 Å². The molecule has 0 saturated heterocycles. The van der Waals surface area contributed by atoms with Crippen molar-refractivity contribution in [2.45, 2.75) is 64.8 Å². The number of benzene rings is 5. The molecule has 4 aliphatic carbocycles. The van der Waals surface area contributed by atoms with Crippen LogP contribution in [0.1, 0.15) is 71.2 Å². The molecule has 5 aromatic carbocycles. The number of rotatable bonds is 3. The molecular formula is C49H45IrN2O. The van der Waals surface area contributed by atoms with E-state index in [1.54, 1.807) is 6.08 Å². The smallest absolute Gasteiger partial charge is 0.654 e. The van der Waals surface area contributed by atoms with E-state index in [-0.39, 0.29) is 31.6 Å². The number of furan rings is 1. The molecular weight excluding hydrogens is 825 g/mol. The Kier molecular flexibility index (Phi) is 9.83. The summed E-state index contributed by atoms with van der Waals surface area (Å²) >= 11 is 0. The Balaban J connectivity index is 0.000000238. The summed E-state index contributed by atoms with van der Waals surface area (Å²) in [6, 6.07) is 45.3. The number of aryl methyl sites for hydroxylation is 4. The van der Waals surface area contributed by atoms with E-state index in [0.29, 0.717) is 6.54 Å². The molecule has 2 aromatic heterocycles. The van der Waals surface area contributed by atoms with Crippen molar-refractivity contribution in [3.8, 4) is 22.4 Å². The van der Waals surface area contributed by atoms with Crippen LogP contribution in [-0.4, -0.2) is 11.5 Å². The Labute approximate surface area is 332 Å². The number of pyridine rings is 1. The van der Waals surface area contributed by atoms with Crippen LogP contribution >= 0.6 is 0 Å². The van der Waals surface area contributed by atoms with E-state index in [1.807, 2.05) is 42.6 Å². The quantitative estimate of drug-likeness (QED) is 0.131. The predicted octanol–water partition coefficient (Wildman–Crippen LogP) is 12.4. The molecule has 0 saturated carbocycles. The van der Waals surface area contributed by atoms with Gasteiger partial charge < -0.3 is 14.7 Å². The second kappa shape index (κ2) is 15.8. The van der Waals surface area contributed by atoms with Crippen molar-refractivity contribution < 1.29 is 28.6 Å². The molecule has 4 bridgehead atoms. The van der Waals surface area contributed by atoms with Gasteiger partial charge in [-0.15, -0.1) is 36.9 Å². The summed E-state index contributed by atoms with van der Waals surface area (Å²) in [6.07, 6.45) is 9.60. The van der Waals surface area contributed by atoms with Gasteiger partial charge >= 0.3 is 20.1 Å². The molecule has 4 heteroatoms. The van der Waals surface area contributed by atoms with Gasteiger partial charge in [-0.3, -0.25) is 0 Å². The summed E-state index contributed by atoms with van der Waals surface area (Å²) < 4.78 is 28.7. The van der Waals surface area contributed by atoms with E-state index in [4.69, 9.17) is 13.5 Å². The Hall–Kier alpha value is -4.60. The van der Waals surface area contributed by atoms with Gasteiger partial charge in [-0.2, -0.15) is 35.9 Å². The summed E-state index contributed by atoms with van der Waals surface area (Å²) in [7, 11) is 0. The van der Waals surface area contributed by atoms with Gasteiger partial charge in [0.15, 0.2) is 0 Å². The fourth-order valence-corrected chi connectivity index (χ4v) is 7.27. The molecule has 266 valence electrons. The van der Waals surface area contributed by atoms with Gasteiger partial charge in [-0.1, -0.05) is 111 Å². The number of hydrogen-bond acceptors (Lipinski definition) is 2. The molecule has 12 rings (SSSR count). The second-order valence-electron chi connectivity index (χ2n) is 15.0. The minimum atomic E-state index is -1.94. The maximum absolute atomic E-state index is 7.31. The second-order valence-corrected chi connectivity index (χ2v) is 15.0. The summed E-state index contributed by atoms with van der Waals surface area (Å²) in [4.78, 5) is 4.73. The minimum Gasteiger partial charge on any atom is -0.654 e. The van der Waals surface area contributed by atoms with Crippen molar-refractivity contribution in [2.75, 3.05) is 6.54 Å². The Morgan fingerprint density at radius 1 is 0.736 bits per heavy atom. The van der Waals surface area contributed by atoms with Gasteiger partial charge in [0.25, 0.3) is 0 Å². The van der Waals surface area contributed by atoms with Crippen molar-refractivity contribution in [3.05, 3.63) is 178 Å². The van der Waals surface area contributed by atoms with Crippen molar-refractivity contribution >= 4 is 21.9 Å². The summed E-state index contributed by atoms with van der Waals surface area (Å²) in [5.74, 6) is -0.438. The van der Waals surface area contributed by atoms with Crippen molar-refractivity contribution in [1.29, 1.82) is 0 Å². The topological polar surface area (TPSA) is 40.1 Å². The van der Waals surface area contributed by atoms with Crippen LogP contribution in [0.25, 0.3) is 49.6 Å². The third kappa shape index (κ3) is 8.02. The summed E-state index contributed by atoms with van der Waals surface area (Å²) in [6.45, 7) is 5.11. The normalized spacial score (nSPS) is 17.8. The van der Waals surface area contributed by atoms with Crippen LogP contribution < -0.4 is 0 Å². The molecule has 3 nitrogen and oxygen atoms in total. The number of aromatic nitrogens is 1. The Bertz CT molecular complexity index is 2480. The molecule has 2 atom stereocenters. The third-order valence-corrected chi connectivity index (χ3v) is 10.3. The van der Waals surface area contributed by atoms with E-state index in [1.165, 1.54) is 33.4 Å². The van der Waals surface area contributed by atoms with Crippen molar-refractivity contribution in [1.82, 2.24) is 4.98 Å². The summed E-state index contributed by atoms with van der Waals surface area (Å²) in [5, 5.41) is 6.61. The van der Waals surface area contributed by atoms with E-state index in [2.05, 4.69) is 117 Å². The van der Waals surface area contributed by atoms with Gasteiger partial charge in [-0.05, 0) is 82.2 Å². The molecule has 0 N–H and O–H groups in total. The molecule has 2 unspecified atom stereocenters. The molecule has 0 spiro atoms. The maximum Gasteiger partial charge on any atom is 3.00 e. The number of para-hydroxylation sites is 1. The standard InChI is InChI=1S/C37H32NO.C12H13N.Ir/c1-37(2,3)28-20-21-38-34(23-28)32-9-5-7-30-29-6-4-8-31(35(29)39-36(30)32)33-22-26-15-14-24-10-12-25(13-11-24)16-18-27(33)19-17-26;1-10-7-8-12(13-9-10)11-5-3-2-4-6-11;/h4-8,10-13,17,19-23H,14-16,18H2,1-3H3;2-5,7-8,10,12H,9H2,1H3;/q-1;-2;+3/i;1D3;. The molecule has 3 heterocycles. The van der Waals surface area contributed by atoms with Crippen LogP contribution in [-0.2, 0) is 51.2 Å². The first-order valence-electron chi connectivity index (χ1n) is 19.9. The molecule has 7 aromatic rings. The summed E-state index contributed by atoms with van der Waals surface area (Å²) in [5.41, 5.74) is 13.8. The van der Waals surface area contributed by atoms with Crippen LogP contribution in [0.2, 0.25) is 0 Å². The number of nitrogens with zero attached hydrogens (tertiary/aromatic N) is 2. The zero-order valence-electron chi connectivity index (χ0n) is 33.5. The first kappa shape index (κ1) is 33.0. The van der Waals surface area contributed by atoms with Crippen LogP contribution in [0.4, 0.5) is 0 Å². The zero-order chi connectivity index (χ0) is 38.2. The first-order chi connectivity index (χ1) is 26.5. The Morgan fingerprint density at radius 2 is 1.51 bits per heavy atom. The first-order valence-corrected chi connectivity index (χ1v) is 18.4. The molecule has 53 heavy (non-hydrogen) atoms. The average Bonchev–Trinajstić information content (AvgIpc) is 3.58. The molecule has 1 aliphatic heterocycles. The SMILES string of the molecule is CC(C)(C)c1ccnc(-c2[c-]ccc3c2oc2c(-c4cc5ccc4CCc4ccc(cc4)CC5)cccc23)c1.[2H]C([2H])([2H])C1C=CC(c2[c-]cccc2)[N-]C1.[Ir+3]. The van der Waals surface area contributed by atoms with Gasteiger partial charge in [0.1, 0.15) is 5.58 Å². The molecule has 0 amide bonds. The van der Waals surface area contributed by atoms with Crippen LogP contribution in [0.3, 0.4) is 0 Å². The van der Waals surface area contributed by atoms with Crippen molar-refractivity contribution in [2.24, 2.45) is 5.92 Å². The maximum atomic E-state index is 7.31. The van der Waals surface area contributed by atoms with Crippen LogP contribution in [0, 0.1) is 18.1 Å². The molecule has 5 aliphatic rings. The predicted molar refractivity (Wildman–Crippen MR) is 216 cm³/mol. The van der Waals surface area contributed by atoms with Gasteiger partial charge in [0.05, 0.1) is 5.58 Å². The minimum absolute atomic E-state index is 0. The monoisotopic (exact) mass is 873 g/mol. The van der Waals surface area contributed by atoms with Crippen LogP contribution in [0.5, 0.6) is 0 Å². The van der Waals surface area contributed by atoms with Crippen molar-refractivity contribution in [3.63, 3.8) is 0 Å². The largest absolute Gasteiger partial charge is 3.00 e. The van der Waals surface area contributed by atoms with Gasteiger partial charge in [0, 0.05) is 21.3 Å².